The Kier molecular flexibility index (Phi) is 6.79. The fourth-order valence-electron chi connectivity index (χ4n) is 2.34. The maximum atomic E-state index is 13.8. The lowest BCUT2D eigenvalue weighted by atomic mass is 10.2. The van der Waals surface area contributed by atoms with Gasteiger partial charge in [0.2, 0.25) is 0 Å². The minimum Gasteiger partial charge on any atom is -0.382 e. The lowest BCUT2D eigenvalue weighted by Gasteiger charge is -2.27. The summed E-state index contributed by atoms with van der Waals surface area (Å²) in [6, 6.07) is 11.8. The van der Waals surface area contributed by atoms with Gasteiger partial charge in [-0.25, -0.2) is 9.18 Å². The third-order valence-corrected chi connectivity index (χ3v) is 4.98. The number of nitrogens with one attached hydrogen (secondary N) is 1. The van der Waals surface area contributed by atoms with Crippen molar-refractivity contribution in [3.63, 3.8) is 0 Å². The monoisotopic (exact) mass is 394 g/mol. The van der Waals surface area contributed by atoms with E-state index in [1.54, 1.807) is 30.3 Å². The van der Waals surface area contributed by atoms with Gasteiger partial charge in [-0.3, -0.25) is 0 Å². The highest BCUT2D eigenvalue weighted by atomic mass is 32.2. The van der Waals surface area contributed by atoms with Crippen molar-refractivity contribution in [1.29, 1.82) is 0 Å². The Morgan fingerprint density at radius 1 is 1.19 bits per heavy atom. The predicted molar refractivity (Wildman–Crippen MR) is 103 cm³/mol. The molecule has 0 saturated heterocycles. The Bertz CT molecular complexity index is 900. The van der Waals surface area contributed by atoms with Crippen LogP contribution in [0.5, 0.6) is 5.75 Å². The summed E-state index contributed by atoms with van der Waals surface area (Å²) in [5.41, 5.74) is 0.787. The van der Waals surface area contributed by atoms with Crippen LogP contribution in [0.25, 0.3) is 0 Å². The number of para-hydroxylation sites is 1. The third-order valence-electron chi connectivity index (χ3n) is 3.83. The highest BCUT2D eigenvalue weighted by molar-refractivity contribution is 7.87. The number of carbonyl (C=O) groups is 1. The molecular formula is C19H23FN2O4S. The summed E-state index contributed by atoms with van der Waals surface area (Å²) in [5, 5.41) is 2.56. The number of hydrogen-bond acceptors (Lipinski definition) is 4. The maximum Gasteiger partial charge on any atom is 0.322 e. The second kappa shape index (κ2) is 8.85. The first-order chi connectivity index (χ1) is 12.7. The van der Waals surface area contributed by atoms with Crippen LogP contribution in [-0.4, -0.2) is 31.1 Å². The van der Waals surface area contributed by atoms with Gasteiger partial charge in [0.15, 0.2) is 0 Å². The van der Waals surface area contributed by atoms with E-state index in [4.69, 9.17) is 4.18 Å². The first kappa shape index (κ1) is 20.7. The molecule has 146 valence electrons. The quantitative estimate of drug-likeness (QED) is 0.721. The van der Waals surface area contributed by atoms with Gasteiger partial charge >= 0.3 is 16.1 Å². The van der Waals surface area contributed by atoms with Crippen molar-refractivity contribution in [2.45, 2.75) is 33.4 Å². The van der Waals surface area contributed by atoms with E-state index in [0.29, 0.717) is 5.56 Å². The van der Waals surface area contributed by atoms with E-state index in [0.717, 1.165) is 0 Å². The zero-order valence-corrected chi connectivity index (χ0v) is 16.3. The second-order valence-electron chi connectivity index (χ2n) is 6.21. The van der Waals surface area contributed by atoms with Crippen molar-refractivity contribution < 1.29 is 21.8 Å². The fourth-order valence-corrected chi connectivity index (χ4v) is 2.85. The van der Waals surface area contributed by atoms with Gasteiger partial charge in [-0.15, -0.1) is 0 Å². The minimum atomic E-state index is -3.63. The SMILES string of the molecule is CCS(=O)(=O)Oc1cccc(CN(C(=O)Nc2ccccc2F)C(C)C)c1. The molecule has 2 aromatic carbocycles. The lowest BCUT2D eigenvalue weighted by molar-refractivity contribution is 0.193. The molecule has 0 saturated carbocycles. The molecule has 0 radical (unpaired) electrons. The summed E-state index contributed by atoms with van der Waals surface area (Å²) >= 11 is 0. The predicted octanol–water partition coefficient (Wildman–Crippen LogP) is 4.00. The van der Waals surface area contributed by atoms with Crippen LogP contribution in [0.1, 0.15) is 26.3 Å². The highest BCUT2D eigenvalue weighted by Gasteiger charge is 2.19. The molecule has 0 atom stereocenters. The Labute approximate surface area is 159 Å². The van der Waals surface area contributed by atoms with Crippen LogP contribution < -0.4 is 9.50 Å². The van der Waals surface area contributed by atoms with Crippen LogP contribution >= 0.6 is 0 Å². The molecule has 8 heteroatoms. The smallest absolute Gasteiger partial charge is 0.322 e. The summed E-state index contributed by atoms with van der Waals surface area (Å²) in [7, 11) is -3.63. The van der Waals surface area contributed by atoms with Gasteiger partial charge in [-0.05, 0) is 50.6 Å². The lowest BCUT2D eigenvalue weighted by Crippen LogP contribution is -2.39. The Morgan fingerprint density at radius 3 is 2.52 bits per heavy atom. The molecule has 0 spiro atoms. The first-order valence-electron chi connectivity index (χ1n) is 8.55. The van der Waals surface area contributed by atoms with Crippen LogP contribution in [0.2, 0.25) is 0 Å². The van der Waals surface area contributed by atoms with Gasteiger partial charge in [0, 0.05) is 12.6 Å². The number of urea groups is 1. The summed E-state index contributed by atoms with van der Waals surface area (Å²) in [6.07, 6.45) is 0. The molecule has 6 nitrogen and oxygen atoms in total. The van der Waals surface area contributed by atoms with E-state index in [9.17, 15) is 17.6 Å². The third kappa shape index (κ3) is 5.96. The zero-order valence-electron chi connectivity index (χ0n) is 15.5. The van der Waals surface area contributed by atoms with Gasteiger partial charge in [0.25, 0.3) is 0 Å². The largest absolute Gasteiger partial charge is 0.382 e. The van der Waals surface area contributed by atoms with Crippen molar-refractivity contribution >= 4 is 21.8 Å². The first-order valence-corrected chi connectivity index (χ1v) is 10.1. The van der Waals surface area contributed by atoms with Crippen molar-refractivity contribution in [3.8, 4) is 5.75 Å². The minimum absolute atomic E-state index is 0.0965. The summed E-state index contributed by atoms with van der Waals surface area (Å²) in [5.74, 6) is -0.470. The van der Waals surface area contributed by atoms with E-state index in [2.05, 4.69) is 5.32 Å². The topological polar surface area (TPSA) is 75.7 Å². The number of hydrogen-bond donors (Lipinski definition) is 1. The molecule has 2 rings (SSSR count). The maximum absolute atomic E-state index is 13.8. The zero-order chi connectivity index (χ0) is 20.0. The van der Waals surface area contributed by atoms with E-state index in [1.807, 2.05) is 13.8 Å². The molecule has 0 aliphatic carbocycles. The molecule has 1 N–H and O–H groups in total. The van der Waals surface area contributed by atoms with Crippen LogP contribution in [-0.2, 0) is 16.7 Å². The van der Waals surface area contributed by atoms with E-state index in [-0.39, 0.29) is 29.8 Å². The molecule has 0 aromatic heterocycles. The van der Waals surface area contributed by atoms with Crippen molar-refractivity contribution in [1.82, 2.24) is 4.90 Å². The molecule has 2 amide bonds. The number of halogens is 1. The van der Waals surface area contributed by atoms with Gasteiger partial charge in [0.05, 0.1) is 11.4 Å². The van der Waals surface area contributed by atoms with Crippen molar-refractivity contribution in [3.05, 3.63) is 59.9 Å². The molecule has 0 aliphatic heterocycles. The molecule has 2 aromatic rings. The summed E-state index contributed by atoms with van der Waals surface area (Å²) < 4.78 is 42.0. The van der Waals surface area contributed by atoms with Crippen LogP contribution in [0, 0.1) is 5.82 Å². The van der Waals surface area contributed by atoms with E-state index >= 15 is 0 Å². The second-order valence-corrected chi connectivity index (χ2v) is 8.07. The Hall–Kier alpha value is -2.61. The van der Waals surface area contributed by atoms with Crippen molar-refractivity contribution in [2.24, 2.45) is 0 Å². The molecule has 0 fully saturated rings. The van der Waals surface area contributed by atoms with E-state index < -0.39 is 22.0 Å². The Balaban J connectivity index is 2.16. The van der Waals surface area contributed by atoms with Gasteiger partial charge in [-0.1, -0.05) is 24.3 Å². The average molecular weight is 394 g/mol. The standard InChI is InChI=1S/C19H23FN2O4S/c1-4-27(24,25)26-16-9-7-8-15(12-16)13-22(14(2)3)19(23)21-18-11-6-5-10-17(18)20/h5-12,14H,4,13H2,1-3H3,(H,21,23). The van der Waals surface area contributed by atoms with Crippen LogP contribution in [0.3, 0.4) is 0 Å². The average Bonchev–Trinajstić information content (AvgIpc) is 2.61. The number of amides is 2. The number of carbonyl (C=O) groups excluding carboxylic acids is 1. The normalized spacial score (nSPS) is 11.3. The van der Waals surface area contributed by atoms with Gasteiger partial charge < -0.3 is 14.4 Å². The Morgan fingerprint density at radius 2 is 1.89 bits per heavy atom. The fraction of sp³-hybridized carbons (Fsp3) is 0.316. The molecule has 27 heavy (non-hydrogen) atoms. The summed E-state index contributed by atoms with van der Waals surface area (Å²) in [6.45, 7) is 5.37. The molecule has 0 aliphatic rings. The van der Waals surface area contributed by atoms with Gasteiger partial charge in [-0.2, -0.15) is 8.42 Å². The van der Waals surface area contributed by atoms with E-state index in [1.165, 1.54) is 30.0 Å². The number of benzene rings is 2. The molecule has 0 bridgehead atoms. The molecule has 0 heterocycles. The summed E-state index contributed by atoms with van der Waals surface area (Å²) in [4.78, 5) is 14.1. The number of anilines is 1. The van der Waals surface area contributed by atoms with Gasteiger partial charge in [0.1, 0.15) is 11.6 Å². The number of nitrogens with zero attached hydrogens (tertiary/aromatic N) is 1. The van der Waals surface area contributed by atoms with Crippen molar-refractivity contribution in [2.75, 3.05) is 11.1 Å². The molecular weight excluding hydrogens is 371 g/mol. The van der Waals surface area contributed by atoms with Crippen LogP contribution in [0.15, 0.2) is 48.5 Å². The number of rotatable bonds is 7. The molecule has 0 unspecified atom stereocenters. The van der Waals surface area contributed by atoms with Crippen LogP contribution in [0.4, 0.5) is 14.9 Å². The highest BCUT2D eigenvalue weighted by Crippen LogP contribution is 2.19.